The van der Waals surface area contributed by atoms with Crippen LogP contribution in [0.4, 0.5) is 0 Å². The first kappa shape index (κ1) is 13.0. The highest BCUT2D eigenvalue weighted by Gasteiger charge is 2.10. The molecule has 0 heterocycles. The molecule has 0 fully saturated rings. The molecule has 0 spiro atoms. The van der Waals surface area contributed by atoms with Crippen molar-refractivity contribution in [2.75, 3.05) is 13.2 Å². The van der Waals surface area contributed by atoms with Crippen molar-refractivity contribution in [3.63, 3.8) is 0 Å². The summed E-state index contributed by atoms with van der Waals surface area (Å²) in [5.41, 5.74) is 6.52. The fourth-order valence-electron chi connectivity index (χ4n) is 1.49. The standard InChI is InChI=1S/C13H21NO2/c1-3-10(2)12-6-4-5-7-13(12)16-9-11(15)8-14/h4-7,10-11,15H,3,8-9,14H2,1-2H3/t10-,11+/m1/s1. The number of rotatable bonds is 6. The summed E-state index contributed by atoms with van der Waals surface area (Å²) in [5, 5.41) is 9.36. The zero-order valence-electron chi connectivity index (χ0n) is 10.0. The highest BCUT2D eigenvalue weighted by molar-refractivity contribution is 5.35. The van der Waals surface area contributed by atoms with Crippen LogP contribution in [-0.4, -0.2) is 24.4 Å². The van der Waals surface area contributed by atoms with E-state index in [2.05, 4.69) is 19.9 Å². The maximum Gasteiger partial charge on any atom is 0.122 e. The van der Waals surface area contributed by atoms with Crippen molar-refractivity contribution in [3.05, 3.63) is 29.8 Å². The Kier molecular flexibility index (Phi) is 5.29. The third-order valence-electron chi connectivity index (χ3n) is 2.77. The van der Waals surface area contributed by atoms with Crippen molar-refractivity contribution in [1.82, 2.24) is 0 Å². The van der Waals surface area contributed by atoms with Crippen LogP contribution in [0.15, 0.2) is 24.3 Å². The number of benzene rings is 1. The SMILES string of the molecule is CC[C@@H](C)c1ccccc1OC[C@@H](O)CN. The molecule has 1 rings (SSSR count). The fourth-order valence-corrected chi connectivity index (χ4v) is 1.49. The highest BCUT2D eigenvalue weighted by Crippen LogP contribution is 2.28. The van der Waals surface area contributed by atoms with Gasteiger partial charge in [-0.2, -0.15) is 0 Å². The number of hydrogen-bond donors (Lipinski definition) is 2. The maximum absolute atomic E-state index is 9.36. The van der Waals surface area contributed by atoms with E-state index in [-0.39, 0.29) is 13.2 Å². The van der Waals surface area contributed by atoms with Crippen molar-refractivity contribution in [2.45, 2.75) is 32.3 Å². The monoisotopic (exact) mass is 223 g/mol. The van der Waals surface area contributed by atoms with Gasteiger partial charge in [-0.25, -0.2) is 0 Å². The van der Waals surface area contributed by atoms with Crippen LogP contribution in [0.1, 0.15) is 31.7 Å². The number of aliphatic hydroxyl groups excluding tert-OH is 1. The van der Waals surface area contributed by atoms with Gasteiger partial charge in [-0.1, -0.05) is 32.0 Å². The van der Waals surface area contributed by atoms with Crippen molar-refractivity contribution >= 4 is 0 Å². The molecule has 3 N–H and O–H groups in total. The first-order valence-electron chi connectivity index (χ1n) is 5.78. The Morgan fingerprint density at radius 1 is 1.38 bits per heavy atom. The van der Waals surface area contributed by atoms with Crippen LogP contribution in [0.25, 0.3) is 0 Å². The minimum atomic E-state index is -0.593. The highest BCUT2D eigenvalue weighted by atomic mass is 16.5. The number of hydrogen-bond acceptors (Lipinski definition) is 3. The predicted octanol–water partition coefficient (Wildman–Crippen LogP) is 1.90. The normalized spacial score (nSPS) is 14.5. The Hall–Kier alpha value is -1.06. The van der Waals surface area contributed by atoms with Crippen molar-refractivity contribution < 1.29 is 9.84 Å². The molecule has 0 aromatic heterocycles. The molecule has 2 atom stereocenters. The molecule has 0 unspecified atom stereocenters. The van der Waals surface area contributed by atoms with Crippen molar-refractivity contribution in [2.24, 2.45) is 5.73 Å². The summed E-state index contributed by atoms with van der Waals surface area (Å²) in [6, 6.07) is 7.95. The summed E-state index contributed by atoms with van der Waals surface area (Å²) in [7, 11) is 0. The van der Waals surface area contributed by atoms with Crippen LogP contribution < -0.4 is 10.5 Å². The molecule has 0 aliphatic heterocycles. The molecule has 16 heavy (non-hydrogen) atoms. The van der Waals surface area contributed by atoms with Gasteiger partial charge < -0.3 is 15.6 Å². The van der Waals surface area contributed by atoms with E-state index in [1.54, 1.807) is 0 Å². The van der Waals surface area contributed by atoms with Gasteiger partial charge in [-0.05, 0) is 24.0 Å². The molecule has 0 saturated carbocycles. The molecular formula is C13H21NO2. The second-order valence-electron chi connectivity index (χ2n) is 4.05. The number of para-hydroxylation sites is 1. The molecule has 0 saturated heterocycles. The number of nitrogens with two attached hydrogens (primary N) is 1. The minimum Gasteiger partial charge on any atom is -0.491 e. The molecule has 0 amide bonds. The molecule has 1 aromatic rings. The van der Waals surface area contributed by atoms with E-state index in [0.717, 1.165) is 12.2 Å². The molecule has 0 radical (unpaired) electrons. The minimum absolute atomic E-state index is 0.228. The van der Waals surface area contributed by atoms with Crippen LogP contribution in [-0.2, 0) is 0 Å². The van der Waals surface area contributed by atoms with Gasteiger partial charge in [-0.3, -0.25) is 0 Å². The summed E-state index contributed by atoms with van der Waals surface area (Å²) in [6.07, 6.45) is 0.477. The molecule has 0 aliphatic rings. The largest absolute Gasteiger partial charge is 0.491 e. The smallest absolute Gasteiger partial charge is 0.122 e. The van der Waals surface area contributed by atoms with E-state index in [4.69, 9.17) is 10.5 Å². The van der Waals surface area contributed by atoms with Crippen LogP contribution in [0.5, 0.6) is 5.75 Å². The molecular weight excluding hydrogens is 202 g/mol. The van der Waals surface area contributed by atoms with E-state index in [0.29, 0.717) is 5.92 Å². The van der Waals surface area contributed by atoms with Gasteiger partial charge in [0, 0.05) is 6.54 Å². The summed E-state index contributed by atoms with van der Waals surface area (Å²) < 4.78 is 5.58. The van der Waals surface area contributed by atoms with E-state index in [9.17, 15) is 5.11 Å². The van der Waals surface area contributed by atoms with Gasteiger partial charge in [-0.15, -0.1) is 0 Å². The topological polar surface area (TPSA) is 55.5 Å². The lowest BCUT2D eigenvalue weighted by molar-refractivity contribution is 0.113. The molecule has 3 nitrogen and oxygen atoms in total. The van der Waals surface area contributed by atoms with Crippen LogP contribution >= 0.6 is 0 Å². The van der Waals surface area contributed by atoms with Crippen LogP contribution in [0.2, 0.25) is 0 Å². The number of ether oxygens (including phenoxy) is 1. The summed E-state index contributed by atoms with van der Waals surface area (Å²) in [4.78, 5) is 0. The van der Waals surface area contributed by atoms with Gasteiger partial charge >= 0.3 is 0 Å². The van der Waals surface area contributed by atoms with Gasteiger partial charge in [0.1, 0.15) is 18.5 Å². The third-order valence-corrected chi connectivity index (χ3v) is 2.77. The Morgan fingerprint density at radius 3 is 2.69 bits per heavy atom. The molecule has 1 aromatic carbocycles. The van der Waals surface area contributed by atoms with Crippen LogP contribution in [0, 0.1) is 0 Å². The van der Waals surface area contributed by atoms with E-state index < -0.39 is 6.10 Å². The summed E-state index contributed by atoms with van der Waals surface area (Å²) in [5.74, 6) is 1.32. The Bertz CT molecular complexity index is 315. The Labute approximate surface area is 97.2 Å². The molecule has 0 bridgehead atoms. The lowest BCUT2D eigenvalue weighted by Gasteiger charge is -2.17. The van der Waals surface area contributed by atoms with E-state index >= 15 is 0 Å². The summed E-state index contributed by atoms with van der Waals surface area (Å²) >= 11 is 0. The van der Waals surface area contributed by atoms with E-state index in [1.165, 1.54) is 5.56 Å². The molecule has 90 valence electrons. The predicted molar refractivity (Wildman–Crippen MR) is 65.7 cm³/mol. The van der Waals surface area contributed by atoms with Gasteiger partial charge in [0.05, 0.1) is 0 Å². The lowest BCUT2D eigenvalue weighted by atomic mass is 9.98. The van der Waals surface area contributed by atoms with Gasteiger partial charge in [0.25, 0.3) is 0 Å². The zero-order valence-corrected chi connectivity index (χ0v) is 10.0. The van der Waals surface area contributed by atoms with E-state index in [1.807, 2.05) is 18.2 Å². The Morgan fingerprint density at radius 2 is 2.06 bits per heavy atom. The first-order chi connectivity index (χ1) is 7.69. The van der Waals surface area contributed by atoms with Gasteiger partial charge in [0.15, 0.2) is 0 Å². The lowest BCUT2D eigenvalue weighted by Crippen LogP contribution is -2.26. The summed E-state index contributed by atoms with van der Waals surface area (Å²) in [6.45, 7) is 4.80. The quantitative estimate of drug-likeness (QED) is 0.774. The number of aliphatic hydroxyl groups is 1. The maximum atomic E-state index is 9.36. The zero-order chi connectivity index (χ0) is 12.0. The second-order valence-corrected chi connectivity index (χ2v) is 4.05. The third kappa shape index (κ3) is 3.51. The van der Waals surface area contributed by atoms with Gasteiger partial charge in [0.2, 0.25) is 0 Å². The van der Waals surface area contributed by atoms with Crippen LogP contribution in [0.3, 0.4) is 0 Å². The van der Waals surface area contributed by atoms with Crippen molar-refractivity contribution in [3.8, 4) is 5.75 Å². The second kappa shape index (κ2) is 6.51. The Balaban J connectivity index is 2.71. The fraction of sp³-hybridized carbons (Fsp3) is 0.538. The van der Waals surface area contributed by atoms with Crippen molar-refractivity contribution in [1.29, 1.82) is 0 Å². The average Bonchev–Trinajstić information content (AvgIpc) is 2.35. The first-order valence-corrected chi connectivity index (χ1v) is 5.78. The molecule has 3 heteroatoms. The average molecular weight is 223 g/mol. The molecule has 0 aliphatic carbocycles.